The molecule has 2 heterocycles. The molecule has 1 amide bonds. The van der Waals surface area contributed by atoms with E-state index in [0.717, 1.165) is 48.3 Å². The van der Waals surface area contributed by atoms with Crippen LogP contribution in [0.4, 0.5) is 0 Å². The first-order valence-corrected chi connectivity index (χ1v) is 8.77. The molecule has 2 aromatic carbocycles. The molecule has 132 valence electrons. The molecule has 3 aromatic rings. The summed E-state index contributed by atoms with van der Waals surface area (Å²) in [6, 6.07) is 14.9. The predicted octanol–water partition coefficient (Wildman–Crippen LogP) is 2.81. The van der Waals surface area contributed by atoms with Crippen molar-refractivity contribution in [1.29, 1.82) is 0 Å². The predicted molar refractivity (Wildman–Crippen MR) is 101 cm³/mol. The van der Waals surface area contributed by atoms with Crippen LogP contribution >= 0.6 is 0 Å². The van der Waals surface area contributed by atoms with Crippen LogP contribution in [-0.4, -0.2) is 37.0 Å². The van der Waals surface area contributed by atoms with Crippen molar-refractivity contribution in [3.05, 3.63) is 70.1 Å². The number of carbonyl (C=O) groups is 1. The first-order chi connectivity index (χ1) is 12.6. The number of fused-ring (bicyclic) bond motifs is 1. The zero-order chi connectivity index (χ0) is 18.1. The number of hydrogen-bond acceptors (Lipinski definition) is 4. The third kappa shape index (κ3) is 3.13. The fourth-order valence-electron chi connectivity index (χ4n) is 3.36. The highest BCUT2D eigenvalue weighted by Crippen LogP contribution is 2.26. The summed E-state index contributed by atoms with van der Waals surface area (Å²) in [5.41, 5.74) is 3.76. The number of piperazine rings is 1. The molecule has 1 N–H and O–H groups in total. The van der Waals surface area contributed by atoms with Crippen LogP contribution < -0.4 is 10.9 Å². The molecule has 5 heteroatoms. The van der Waals surface area contributed by atoms with Crippen molar-refractivity contribution in [2.75, 3.05) is 26.2 Å². The number of carbonyl (C=O) groups excluding carboxylic acids is 1. The average Bonchev–Trinajstić information content (AvgIpc) is 2.67. The highest BCUT2D eigenvalue weighted by molar-refractivity contribution is 5.95. The van der Waals surface area contributed by atoms with Gasteiger partial charge in [0.2, 0.25) is 0 Å². The van der Waals surface area contributed by atoms with Crippen LogP contribution in [0.1, 0.15) is 15.9 Å². The van der Waals surface area contributed by atoms with E-state index in [0.29, 0.717) is 11.1 Å². The summed E-state index contributed by atoms with van der Waals surface area (Å²) >= 11 is 0. The van der Waals surface area contributed by atoms with Crippen LogP contribution in [0.5, 0.6) is 0 Å². The van der Waals surface area contributed by atoms with Gasteiger partial charge in [-0.1, -0.05) is 24.3 Å². The van der Waals surface area contributed by atoms with E-state index in [9.17, 15) is 9.59 Å². The average molecular weight is 348 g/mol. The summed E-state index contributed by atoms with van der Waals surface area (Å²) in [6.07, 6.45) is 0. The van der Waals surface area contributed by atoms with Crippen molar-refractivity contribution >= 4 is 16.9 Å². The fourth-order valence-corrected chi connectivity index (χ4v) is 3.36. The van der Waals surface area contributed by atoms with Crippen molar-refractivity contribution in [3.8, 4) is 11.1 Å². The Balaban J connectivity index is 1.63. The van der Waals surface area contributed by atoms with Crippen molar-refractivity contribution in [2.24, 2.45) is 0 Å². The molecule has 1 aromatic heterocycles. The molecule has 0 aliphatic carbocycles. The third-order valence-corrected chi connectivity index (χ3v) is 4.82. The molecule has 0 bridgehead atoms. The van der Waals surface area contributed by atoms with Gasteiger partial charge in [-0.2, -0.15) is 0 Å². The van der Waals surface area contributed by atoms with Crippen molar-refractivity contribution in [2.45, 2.75) is 6.92 Å². The zero-order valence-electron chi connectivity index (χ0n) is 14.6. The van der Waals surface area contributed by atoms with Gasteiger partial charge in [0.25, 0.3) is 5.91 Å². The smallest absolute Gasteiger partial charge is 0.336 e. The maximum atomic E-state index is 12.5. The molecule has 0 radical (unpaired) electrons. The van der Waals surface area contributed by atoms with Gasteiger partial charge in [0.05, 0.1) is 0 Å². The van der Waals surface area contributed by atoms with Crippen LogP contribution in [-0.2, 0) is 0 Å². The van der Waals surface area contributed by atoms with Gasteiger partial charge in [-0.15, -0.1) is 0 Å². The first kappa shape index (κ1) is 16.5. The SMILES string of the molecule is Cc1cc(=O)oc2cc(-c3ccc(C(=O)N4CCNCC4)cc3)ccc12. The molecular weight excluding hydrogens is 328 g/mol. The van der Waals surface area contributed by atoms with Gasteiger partial charge in [-0.25, -0.2) is 4.79 Å². The second-order valence-corrected chi connectivity index (χ2v) is 6.58. The van der Waals surface area contributed by atoms with Gasteiger partial charge in [0, 0.05) is 43.2 Å². The van der Waals surface area contributed by atoms with E-state index in [4.69, 9.17) is 4.42 Å². The summed E-state index contributed by atoms with van der Waals surface area (Å²) < 4.78 is 5.32. The number of aryl methyl sites for hydroxylation is 1. The Morgan fingerprint density at radius 2 is 1.69 bits per heavy atom. The number of benzene rings is 2. The number of amides is 1. The summed E-state index contributed by atoms with van der Waals surface area (Å²) in [5, 5.41) is 4.18. The Morgan fingerprint density at radius 1 is 1.00 bits per heavy atom. The van der Waals surface area contributed by atoms with Gasteiger partial charge in [0.15, 0.2) is 0 Å². The summed E-state index contributed by atoms with van der Waals surface area (Å²) in [5.74, 6) is 0.0678. The fraction of sp³-hybridized carbons (Fsp3) is 0.238. The third-order valence-electron chi connectivity index (χ3n) is 4.82. The highest BCUT2D eigenvalue weighted by atomic mass is 16.4. The van der Waals surface area contributed by atoms with E-state index in [1.807, 2.05) is 54.3 Å². The molecule has 26 heavy (non-hydrogen) atoms. The number of nitrogens with one attached hydrogen (secondary N) is 1. The standard InChI is InChI=1S/C21H20N2O3/c1-14-12-20(24)26-19-13-17(6-7-18(14)19)15-2-4-16(5-3-15)21(25)23-10-8-22-9-11-23/h2-7,12-13,22H,8-11H2,1H3. The van der Waals surface area contributed by atoms with Crippen LogP contribution in [0.3, 0.4) is 0 Å². The minimum atomic E-state index is -0.343. The molecule has 1 aliphatic heterocycles. The van der Waals surface area contributed by atoms with E-state index in [1.165, 1.54) is 6.07 Å². The second kappa shape index (κ2) is 6.77. The molecule has 1 saturated heterocycles. The van der Waals surface area contributed by atoms with E-state index in [2.05, 4.69) is 5.32 Å². The first-order valence-electron chi connectivity index (χ1n) is 8.77. The van der Waals surface area contributed by atoms with E-state index in [1.54, 1.807) is 0 Å². The minimum absolute atomic E-state index is 0.0678. The molecule has 0 atom stereocenters. The molecule has 1 aliphatic rings. The lowest BCUT2D eigenvalue weighted by molar-refractivity contribution is 0.0736. The van der Waals surface area contributed by atoms with Gasteiger partial charge in [-0.05, 0) is 41.8 Å². The molecule has 0 saturated carbocycles. The molecule has 0 unspecified atom stereocenters. The minimum Gasteiger partial charge on any atom is -0.423 e. The molecule has 5 nitrogen and oxygen atoms in total. The lowest BCUT2D eigenvalue weighted by atomic mass is 10.0. The maximum absolute atomic E-state index is 12.5. The Kier molecular flexibility index (Phi) is 4.31. The van der Waals surface area contributed by atoms with Crippen LogP contribution in [0, 0.1) is 6.92 Å². The van der Waals surface area contributed by atoms with Gasteiger partial charge >= 0.3 is 5.63 Å². The number of nitrogens with zero attached hydrogens (tertiary/aromatic N) is 1. The van der Waals surface area contributed by atoms with Crippen LogP contribution in [0.2, 0.25) is 0 Å². The Labute approximate surface area is 151 Å². The largest absolute Gasteiger partial charge is 0.423 e. The van der Waals surface area contributed by atoms with E-state index >= 15 is 0 Å². The Bertz CT molecular complexity index is 1020. The number of hydrogen-bond donors (Lipinski definition) is 1. The number of rotatable bonds is 2. The molecular formula is C21H20N2O3. The van der Waals surface area contributed by atoms with Crippen LogP contribution in [0.25, 0.3) is 22.1 Å². The van der Waals surface area contributed by atoms with Gasteiger partial charge in [-0.3, -0.25) is 4.79 Å². The molecule has 0 spiro atoms. The summed E-state index contributed by atoms with van der Waals surface area (Å²) in [7, 11) is 0. The Hall–Kier alpha value is -2.92. The van der Waals surface area contributed by atoms with E-state index in [-0.39, 0.29) is 11.5 Å². The van der Waals surface area contributed by atoms with Crippen molar-refractivity contribution in [3.63, 3.8) is 0 Å². The summed E-state index contributed by atoms with van der Waals surface area (Å²) in [4.78, 5) is 26.0. The van der Waals surface area contributed by atoms with E-state index < -0.39 is 0 Å². The Morgan fingerprint density at radius 3 is 2.42 bits per heavy atom. The quantitative estimate of drug-likeness (QED) is 0.724. The normalized spacial score (nSPS) is 14.6. The molecule has 4 rings (SSSR count). The zero-order valence-corrected chi connectivity index (χ0v) is 14.6. The second-order valence-electron chi connectivity index (χ2n) is 6.58. The van der Waals surface area contributed by atoms with Crippen molar-refractivity contribution in [1.82, 2.24) is 10.2 Å². The van der Waals surface area contributed by atoms with Crippen LogP contribution in [0.15, 0.2) is 57.7 Å². The highest BCUT2D eigenvalue weighted by Gasteiger charge is 2.17. The molecule has 1 fully saturated rings. The summed E-state index contributed by atoms with van der Waals surface area (Å²) in [6.45, 7) is 5.06. The monoisotopic (exact) mass is 348 g/mol. The van der Waals surface area contributed by atoms with Crippen molar-refractivity contribution < 1.29 is 9.21 Å². The maximum Gasteiger partial charge on any atom is 0.336 e. The lowest BCUT2D eigenvalue weighted by Crippen LogP contribution is -2.46. The van der Waals surface area contributed by atoms with Gasteiger partial charge in [0.1, 0.15) is 5.58 Å². The lowest BCUT2D eigenvalue weighted by Gasteiger charge is -2.27. The topological polar surface area (TPSA) is 62.6 Å². The van der Waals surface area contributed by atoms with Gasteiger partial charge < -0.3 is 14.6 Å².